The quantitative estimate of drug-likeness (QED) is 0.0691. The Kier molecular flexibility index (Phi) is 13.4. The van der Waals surface area contributed by atoms with E-state index in [1.807, 2.05) is 6.07 Å². The smallest absolute Gasteiger partial charge is 0.338 e. The van der Waals surface area contributed by atoms with Crippen LogP contribution in [-0.4, -0.2) is 69.8 Å². The van der Waals surface area contributed by atoms with Crippen LogP contribution in [0.5, 0.6) is 0 Å². The summed E-state index contributed by atoms with van der Waals surface area (Å²) in [5.41, 5.74) is 1.04. The third kappa shape index (κ3) is 10.7. The lowest BCUT2D eigenvalue weighted by atomic mass is 9.99. The molecule has 0 aliphatic carbocycles. The number of carbonyl (C=O) groups excluding carboxylic acids is 5. The molecule has 0 N–H and O–H groups in total. The van der Waals surface area contributed by atoms with Crippen molar-refractivity contribution in [1.29, 1.82) is 0 Å². The zero-order valence-corrected chi connectivity index (χ0v) is 32.3. The topological polar surface area (TPSA) is 162 Å². The number of aromatic nitrogens is 3. The van der Waals surface area contributed by atoms with Gasteiger partial charge in [-0.1, -0.05) is 109 Å². The van der Waals surface area contributed by atoms with Gasteiger partial charge in [-0.15, -0.1) is 5.10 Å². The lowest BCUT2D eigenvalue weighted by Gasteiger charge is -2.35. The lowest BCUT2D eigenvalue weighted by Crippen LogP contribution is -2.51. The first-order valence-corrected chi connectivity index (χ1v) is 19.1. The second-order valence-corrected chi connectivity index (χ2v) is 13.3. The highest BCUT2D eigenvalue weighted by Crippen LogP contribution is 2.32. The molecule has 13 heteroatoms. The van der Waals surface area contributed by atoms with Gasteiger partial charge in [-0.2, -0.15) is 9.90 Å². The third-order valence-corrected chi connectivity index (χ3v) is 9.18. The molecule has 0 aliphatic rings. The van der Waals surface area contributed by atoms with Crippen molar-refractivity contribution in [1.82, 2.24) is 15.0 Å². The Balaban J connectivity index is 1.39. The Bertz CT molecular complexity index is 2540. The summed E-state index contributed by atoms with van der Waals surface area (Å²) in [5, 5.41) is 9.05. The van der Waals surface area contributed by atoms with E-state index in [0.717, 1.165) is 0 Å². The SMILES string of the molecule is O=C(OC[C@H](OC(=O)c1ccccc1)[C@@H](OC(=O)c1ccccc1)[C@H](OC(=O)c1ccccc1)[C@H](OC(=O)c1ccccc1)c1cnn(-c2ccccc2)n1)c1ccccc1. The van der Waals surface area contributed by atoms with Crippen molar-refractivity contribution < 1.29 is 47.7 Å². The Labute approximate surface area is 350 Å². The first-order valence-electron chi connectivity index (χ1n) is 19.1. The van der Waals surface area contributed by atoms with Crippen LogP contribution >= 0.6 is 0 Å². The molecule has 0 bridgehead atoms. The first kappa shape index (κ1) is 41.0. The molecule has 1 aromatic heterocycles. The second kappa shape index (κ2) is 20.0. The van der Waals surface area contributed by atoms with Crippen molar-refractivity contribution in [3.63, 3.8) is 0 Å². The number of para-hydroxylation sites is 1. The summed E-state index contributed by atoms with van der Waals surface area (Å²) in [6, 6.07) is 48.7. The van der Waals surface area contributed by atoms with Crippen LogP contribution < -0.4 is 0 Å². The lowest BCUT2D eigenvalue weighted by molar-refractivity contribution is -0.133. The van der Waals surface area contributed by atoms with Crippen molar-refractivity contribution in [2.75, 3.05) is 6.61 Å². The molecule has 0 saturated carbocycles. The Morgan fingerprint density at radius 1 is 0.426 bits per heavy atom. The van der Waals surface area contributed by atoms with Crippen LogP contribution in [0.25, 0.3) is 5.69 Å². The zero-order valence-electron chi connectivity index (χ0n) is 32.3. The highest BCUT2D eigenvalue weighted by molar-refractivity contribution is 5.92. The zero-order chi connectivity index (χ0) is 42.4. The van der Waals surface area contributed by atoms with Crippen LogP contribution in [-0.2, 0) is 23.7 Å². The van der Waals surface area contributed by atoms with E-state index in [1.54, 1.807) is 115 Å². The largest absolute Gasteiger partial charge is 0.458 e. The van der Waals surface area contributed by atoms with E-state index in [2.05, 4.69) is 10.2 Å². The number of hydrogen-bond acceptors (Lipinski definition) is 12. The van der Waals surface area contributed by atoms with Crippen molar-refractivity contribution >= 4 is 29.8 Å². The molecule has 0 radical (unpaired) electrons. The predicted molar refractivity (Wildman–Crippen MR) is 220 cm³/mol. The molecule has 0 fully saturated rings. The number of nitrogens with zero attached hydrogens (tertiary/aromatic N) is 3. The van der Waals surface area contributed by atoms with Gasteiger partial charge < -0.3 is 23.7 Å². The van der Waals surface area contributed by atoms with Gasteiger partial charge in [-0.3, -0.25) is 0 Å². The maximum atomic E-state index is 14.2. The van der Waals surface area contributed by atoms with E-state index in [0.29, 0.717) is 5.69 Å². The summed E-state index contributed by atoms with van der Waals surface area (Å²) in [5.74, 6) is -4.45. The minimum Gasteiger partial charge on any atom is -0.458 e. The highest BCUT2D eigenvalue weighted by Gasteiger charge is 2.47. The van der Waals surface area contributed by atoms with Crippen LogP contribution in [0.4, 0.5) is 0 Å². The Morgan fingerprint density at radius 3 is 1.23 bits per heavy atom. The predicted octanol–water partition coefficient (Wildman–Crippen LogP) is 7.70. The fraction of sp³-hybridized carbons (Fsp3) is 0.104. The molecule has 61 heavy (non-hydrogen) atoms. The monoisotopic (exact) mass is 815 g/mol. The third-order valence-electron chi connectivity index (χ3n) is 9.18. The van der Waals surface area contributed by atoms with Crippen LogP contribution in [0.2, 0.25) is 0 Å². The van der Waals surface area contributed by atoms with Crippen molar-refractivity contribution in [3.05, 3.63) is 222 Å². The van der Waals surface area contributed by atoms with E-state index in [1.165, 1.54) is 71.7 Å². The minimum absolute atomic E-state index is 0.0471. The first-order chi connectivity index (χ1) is 29.8. The maximum absolute atomic E-state index is 14.2. The van der Waals surface area contributed by atoms with E-state index in [-0.39, 0.29) is 33.5 Å². The van der Waals surface area contributed by atoms with E-state index < -0.39 is 60.9 Å². The summed E-state index contributed by atoms with van der Waals surface area (Å²) in [7, 11) is 0. The molecule has 0 spiro atoms. The minimum atomic E-state index is -1.87. The van der Waals surface area contributed by atoms with E-state index in [9.17, 15) is 24.0 Å². The number of ether oxygens (including phenoxy) is 5. The highest BCUT2D eigenvalue weighted by atomic mass is 16.6. The van der Waals surface area contributed by atoms with Gasteiger partial charge in [0.1, 0.15) is 12.3 Å². The molecule has 1 heterocycles. The molecule has 7 rings (SSSR count). The number of hydrogen-bond donors (Lipinski definition) is 0. The van der Waals surface area contributed by atoms with Crippen LogP contribution in [0, 0.1) is 0 Å². The Hall–Kier alpha value is -8.19. The molecule has 13 nitrogen and oxygen atoms in total. The molecule has 0 aliphatic heterocycles. The normalized spacial score (nSPS) is 12.7. The van der Waals surface area contributed by atoms with Gasteiger partial charge in [0, 0.05) is 0 Å². The van der Waals surface area contributed by atoms with E-state index >= 15 is 0 Å². The molecule has 0 amide bonds. The standard InChI is InChI=1S/C48H37N3O10/c52-44(33-19-7-1-8-20-33)57-32-40(58-45(53)34-21-9-2-10-22-34)42(60-47(55)36-25-13-4-14-26-36)43(61-48(56)37-27-15-5-16-28-37)41(59-46(54)35-23-11-3-12-24-35)39-31-49-51(50-39)38-29-17-6-18-30-38/h1-31,40-43H,32H2/t40-,41+,42+,43+/m0/s1. The molecule has 0 unspecified atom stereocenters. The summed E-state index contributed by atoms with van der Waals surface area (Å²) in [6.45, 7) is -0.728. The number of carbonyl (C=O) groups is 5. The molecule has 6 aromatic carbocycles. The number of rotatable bonds is 16. The summed E-state index contributed by atoms with van der Waals surface area (Å²) in [6.07, 6.45) is -5.86. The van der Waals surface area contributed by atoms with Gasteiger partial charge >= 0.3 is 29.8 Å². The van der Waals surface area contributed by atoms with Gasteiger partial charge in [-0.05, 0) is 72.8 Å². The van der Waals surface area contributed by atoms with Gasteiger partial charge in [0.2, 0.25) is 0 Å². The van der Waals surface area contributed by atoms with Gasteiger partial charge in [-0.25, -0.2) is 24.0 Å². The fourth-order valence-corrected chi connectivity index (χ4v) is 6.12. The summed E-state index contributed by atoms with van der Waals surface area (Å²) < 4.78 is 30.5. The Morgan fingerprint density at radius 2 is 0.787 bits per heavy atom. The summed E-state index contributed by atoms with van der Waals surface area (Å²) in [4.78, 5) is 71.1. The molecule has 4 atom stereocenters. The fourth-order valence-electron chi connectivity index (χ4n) is 6.12. The van der Waals surface area contributed by atoms with Crippen molar-refractivity contribution in [3.8, 4) is 5.69 Å². The molecule has 304 valence electrons. The number of benzene rings is 6. The molecular formula is C48H37N3O10. The van der Waals surface area contributed by atoms with Crippen LogP contribution in [0.1, 0.15) is 63.6 Å². The average molecular weight is 816 g/mol. The van der Waals surface area contributed by atoms with Gasteiger partial charge in [0.15, 0.2) is 24.4 Å². The summed E-state index contributed by atoms with van der Waals surface area (Å²) >= 11 is 0. The molecular weight excluding hydrogens is 779 g/mol. The van der Waals surface area contributed by atoms with Gasteiger partial charge in [0.25, 0.3) is 0 Å². The van der Waals surface area contributed by atoms with Gasteiger partial charge in [0.05, 0.1) is 39.7 Å². The maximum Gasteiger partial charge on any atom is 0.338 e. The average Bonchev–Trinajstić information content (AvgIpc) is 3.82. The van der Waals surface area contributed by atoms with E-state index in [4.69, 9.17) is 23.7 Å². The van der Waals surface area contributed by atoms with Crippen molar-refractivity contribution in [2.24, 2.45) is 0 Å². The number of esters is 5. The van der Waals surface area contributed by atoms with Crippen LogP contribution in [0.15, 0.2) is 188 Å². The molecule has 0 saturated heterocycles. The van der Waals surface area contributed by atoms with Crippen LogP contribution in [0.3, 0.4) is 0 Å². The van der Waals surface area contributed by atoms with Crippen molar-refractivity contribution in [2.45, 2.75) is 24.4 Å². The second-order valence-electron chi connectivity index (χ2n) is 13.3. The molecule has 7 aromatic rings.